The Morgan fingerprint density at radius 1 is 1.56 bits per heavy atom. The Balaban J connectivity index is 1.55. The molecule has 0 unspecified atom stereocenters. The maximum absolute atomic E-state index is 11.8. The average molecular weight is 264 g/mol. The van der Waals surface area contributed by atoms with Crippen molar-refractivity contribution in [2.24, 2.45) is 0 Å². The van der Waals surface area contributed by atoms with E-state index in [2.05, 4.69) is 34.0 Å². The molecule has 0 aromatic carbocycles. The summed E-state index contributed by atoms with van der Waals surface area (Å²) in [6.07, 6.45) is 3.51. The van der Waals surface area contributed by atoms with E-state index in [4.69, 9.17) is 0 Å². The SMILES string of the molecule is C[C@@H]1C[C@@H](c2ccsc2)CN1CC(=O)NC1CC1. The number of hydrogen-bond acceptors (Lipinski definition) is 3. The van der Waals surface area contributed by atoms with Gasteiger partial charge in [-0.3, -0.25) is 9.69 Å². The first kappa shape index (κ1) is 12.2. The number of likely N-dealkylation sites (tertiary alicyclic amines) is 1. The lowest BCUT2D eigenvalue weighted by Crippen LogP contribution is -2.39. The molecule has 2 aliphatic rings. The number of thiophene rings is 1. The summed E-state index contributed by atoms with van der Waals surface area (Å²) in [5.74, 6) is 0.815. The van der Waals surface area contributed by atoms with Crippen LogP contribution in [-0.4, -0.2) is 36.0 Å². The van der Waals surface area contributed by atoms with Crippen molar-refractivity contribution >= 4 is 17.2 Å². The molecule has 2 heterocycles. The molecule has 4 heteroatoms. The van der Waals surface area contributed by atoms with Crippen molar-refractivity contribution in [1.29, 1.82) is 0 Å². The molecule has 1 aliphatic heterocycles. The van der Waals surface area contributed by atoms with Gasteiger partial charge in [0.25, 0.3) is 0 Å². The van der Waals surface area contributed by atoms with Gasteiger partial charge in [-0.25, -0.2) is 0 Å². The van der Waals surface area contributed by atoms with Gasteiger partial charge in [0.2, 0.25) is 5.91 Å². The number of nitrogens with one attached hydrogen (secondary N) is 1. The average Bonchev–Trinajstić information content (AvgIpc) is 2.86. The first-order valence-corrected chi connectivity index (χ1v) is 7.72. The summed E-state index contributed by atoms with van der Waals surface area (Å²) in [7, 11) is 0. The Hall–Kier alpha value is -0.870. The first-order chi connectivity index (χ1) is 8.72. The molecule has 0 bridgehead atoms. The predicted molar refractivity (Wildman–Crippen MR) is 73.9 cm³/mol. The van der Waals surface area contributed by atoms with Crippen LogP contribution in [0.25, 0.3) is 0 Å². The van der Waals surface area contributed by atoms with Gasteiger partial charge in [0, 0.05) is 18.6 Å². The van der Waals surface area contributed by atoms with Crippen molar-refractivity contribution in [3.63, 3.8) is 0 Å². The number of amides is 1. The van der Waals surface area contributed by atoms with Gasteiger partial charge in [0.15, 0.2) is 0 Å². The maximum atomic E-state index is 11.8. The molecule has 1 aromatic rings. The van der Waals surface area contributed by atoms with Crippen LogP contribution in [0, 0.1) is 0 Å². The van der Waals surface area contributed by atoms with E-state index in [9.17, 15) is 4.79 Å². The summed E-state index contributed by atoms with van der Waals surface area (Å²) in [5, 5.41) is 7.45. The largest absolute Gasteiger partial charge is 0.352 e. The summed E-state index contributed by atoms with van der Waals surface area (Å²) in [4.78, 5) is 14.2. The fraction of sp³-hybridized carbons (Fsp3) is 0.643. The molecule has 3 rings (SSSR count). The summed E-state index contributed by atoms with van der Waals surface area (Å²) in [5.41, 5.74) is 1.44. The number of hydrogen-bond donors (Lipinski definition) is 1. The molecule has 2 fully saturated rings. The van der Waals surface area contributed by atoms with Crippen molar-refractivity contribution in [3.8, 4) is 0 Å². The minimum atomic E-state index is 0.204. The van der Waals surface area contributed by atoms with E-state index in [1.165, 1.54) is 24.8 Å². The normalized spacial score (nSPS) is 28.5. The van der Waals surface area contributed by atoms with Crippen molar-refractivity contribution in [1.82, 2.24) is 10.2 Å². The third-order valence-electron chi connectivity index (χ3n) is 4.01. The summed E-state index contributed by atoms with van der Waals surface area (Å²) in [6.45, 7) is 3.82. The Kier molecular flexibility index (Phi) is 3.39. The van der Waals surface area contributed by atoms with Gasteiger partial charge in [0.05, 0.1) is 6.54 Å². The molecule has 1 saturated carbocycles. The number of carbonyl (C=O) groups is 1. The predicted octanol–water partition coefficient (Wildman–Crippen LogP) is 2.20. The zero-order valence-electron chi connectivity index (χ0n) is 10.8. The van der Waals surface area contributed by atoms with E-state index in [0.29, 0.717) is 24.5 Å². The summed E-state index contributed by atoms with van der Waals surface area (Å²) >= 11 is 1.76. The van der Waals surface area contributed by atoms with Crippen LogP contribution in [0.15, 0.2) is 16.8 Å². The minimum Gasteiger partial charge on any atom is -0.352 e. The molecule has 1 aliphatic carbocycles. The molecular formula is C14H20N2OS. The topological polar surface area (TPSA) is 32.3 Å². The highest BCUT2D eigenvalue weighted by atomic mass is 32.1. The molecular weight excluding hydrogens is 244 g/mol. The van der Waals surface area contributed by atoms with E-state index in [1.807, 2.05) is 0 Å². The van der Waals surface area contributed by atoms with Crippen LogP contribution in [0.1, 0.15) is 37.7 Å². The molecule has 18 heavy (non-hydrogen) atoms. The summed E-state index contributed by atoms with van der Waals surface area (Å²) < 4.78 is 0. The van der Waals surface area contributed by atoms with Crippen LogP contribution >= 0.6 is 11.3 Å². The highest BCUT2D eigenvalue weighted by molar-refractivity contribution is 7.07. The second-order valence-electron chi connectivity index (χ2n) is 5.61. The third kappa shape index (κ3) is 2.75. The second kappa shape index (κ2) is 5.02. The molecule has 1 amide bonds. The van der Waals surface area contributed by atoms with E-state index >= 15 is 0 Å². The van der Waals surface area contributed by atoms with Crippen LogP contribution < -0.4 is 5.32 Å². The standard InChI is InChI=1S/C14H20N2OS/c1-10-6-12(11-4-5-18-9-11)7-16(10)8-14(17)15-13-2-3-13/h4-5,9-10,12-13H,2-3,6-8H2,1H3,(H,15,17)/t10-,12-/m1/s1. The molecule has 1 N–H and O–H groups in total. The Morgan fingerprint density at radius 2 is 2.39 bits per heavy atom. The van der Waals surface area contributed by atoms with Crippen LogP contribution in [0.5, 0.6) is 0 Å². The maximum Gasteiger partial charge on any atom is 0.234 e. The lowest BCUT2D eigenvalue weighted by molar-refractivity contribution is -0.122. The van der Waals surface area contributed by atoms with E-state index in [-0.39, 0.29) is 5.91 Å². The van der Waals surface area contributed by atoms with Gasteiger partial charge in [-0.2, -0.15) is 11.3 Å². The Labute approximate surface area is 112 Å². The van der Waals surface area contributed by atoms with Gasteiger partial charge < -0.3 is 5.32 Å². The molecule has 98 valence electrons. The van der Waals surface area contributed by atoms with E-state index in [0.717, 1.165) is 6.54 Å². The van der Waals surface area contributed by atoms with Gasteiger partial charge in [-0.15, -0.1) is 0 Å². The van der Waals surface area contributed by atoms with Crippen LogP contribution in [0.2, 0.25) is 0 Å². The fourth-order valence-corrected chi connectivity index (χ4v) is 3.50. The van der Waals surface area contributed by atoms with Crippen LogP contribution in [-0.2, 0) is 4.79 Å². The Morgan fingerprint density at radius 3 is 3.06 bits per heavy atom. The zero-order valence-corrected chi connectivity index (χ0v) is 11.6. The molecule has 2 atom stereocenters. The highest BCUT2D eigenvalue weighted by Crippen LogP contribution is 2.32. The van der Waals surface area contributed by atoms with E-state index in [1.54, 1.807) is 11.3 Å². The monoisotopic (exact) mass is 264 g/mol. The first-order valence-electron chi connectivity index (χ1n) is 6.78. The van der Waals surface area contributed by atoms with Crippen LogP contribution in [0.4, 0.5) is 0 Å². The van der Waals surface area contributed by atoms with Crippen molar-refractivity contribution in [3.05, 3.63) is 22.4 Å². The van der Waals surface area contributed by atoms with E-state index < -0.39 is 0 Å². The fourth-order valence-electron chi connectivity index (χ4n) is 2.75. The number of nitrogens with zero attached hydrogens (tertiary/aromatic N) is 1. The molecule has 3 nitrogen and oxygen atoms in total. The van der Waals surface area contributed by atoms with Gasteiger partial charge >= 0.3 is 0 Å². The zero-order chi connectivity index (χ0) is 12.5. The smallest absolute Gasteiger partial charge is 0.234 e. The highest BCUT2D eigenvalue weighted by Gasteiger charge is 2.32. The molecule has 0 radical (unpaired) electrons. The summed E-state index contributed by atoms with van der Waals surface area (Å²) in [6, 6.07) is 3.21. The number of carbonyl (C=O) groups excluding carboxylic acids is 1. The number of rotatable bonds is 4. The van der Waals surface area contributed by atoms with Crippen LogP contribution in [0.3, 0.4) is 0 Å². The van der Waals surface area contributed by atoms with Gasteiger partial charge in [-0.05, 0) is 54.5 Å². The second-order valence-corrected chi connectivity index (χ2v) is 6.39. The molecule has 0 spiro atoms. The quantitative estimate of drug-likeness (QED) is 0.904. The van der Waals surface area contributed by atoms with Crippen molar-refractivity contribution in [2.75, 3.05) is 13.1 Å². The van der Waals surface area contributed by atoms with Crippen molar-refractivity contribution < 1.29 is 4.79 Å². The Bertz CT molecular complexity index is 413. The van der Waals surface area contributed by atoms with Gasteiger partial charge in [0.1, 0.15) is 0 Å². The molecule has 1 saturated heterocycles. The third-order valence-corrected chi connectivity index (χ3v) is 4.71. The lowest BCUT2D eigenvalue weighted by atomic mass is 10.00. The molecule has 1 aromatic heterocycles. The van der Waals surface area contributed by atoms with Crippen molar-refractivity contribution in [2.45, 2.75) is 44.2 Å². The minimum absolute atomic E-state index is 0.204. The van der Waals surface area contributed by atoms with Gasteiger partial charge in [-0.1, -0.05) is 0 Å². The lowest BCUT2D eigenvalue weighted by Gasteiger charge is -2.20.